The van der Waals surface area contributed by atoms with Gasteiger partial charge in [-0.2, -0.15) is 0 Å². The highest BCUT2D eigenvalue weighted by Crippen LogP contribution is 2.27. The molecule has 4 N–H and O–H groups in total. The van der Waals surface area contributed by atoms with Gasteiger partial charge in [-0.3, -0.25) is 9.59 Å². The largest absolute Gasteiger partial charge is 0.481 e. The number of benzene rings is 2. The number of amides is 2. The fraction of sp³-hybridized carbons (Fsp3) is 0.360. The zero-order valence-electron chi connectivity index (χ0n) is 19.3. The van der Waals surface area contributed by atoms with E-state index in [1.165, 1.54) is 0 Å². The van der Waals surface area contributed by atoms with Crippen LogP contribution in [-0.2, 0) is 25.7 Å². The summed E-state index contributed by atoms with van der Waals surface area (Å²) in [4.78, 5) is 47.6. The number of ether oxygens (including phenoxy) is 1. The van der Waals surface area contributed by atoms with Gasteiger partial charge in [0.25, 0.3) is 0 Å². The van der Waals surface area contributed by atoms with Crippen molar-refractivity contribution in [3.05, 3.63) is 65.7 Å². The van der Waals surface area contributed by atoms with Crippen molar-refractivity contribution in [3.63, 3.8) is 0 Å². The average molecular weight is 470 g/mol. The molecule has 0 aliphatic heterocycles. The van der Waals surface area contributed by atoms with E-state index in [-0.39, 0.29) is 31.8 Å². The highest BCUT2D eigenvalue weighted by Gasteiger charge is 2.27. The molecule has 2 aromatic carbocycles. The molecular weight excluding hydrogens is 438 g/mol. The first-order valence-electron chi connectivity index (χ1n) is 11.0. The quantitative estimate of drug-likeness (QED) is 0.331. The van der Waals surface area contributed by atoms with E-state index in [2.05, 4.69) is 16.0 Å². The molecule has 0 heterocycles. The minimum Gasteiger partial charge on any atom is -0.481 e. The number of hydrogen-bond donors (Lipinski definition) is 4. The van der Waals surface area contributed by atoms with Crippen molar-refractivity contribution in [2.24, 2.45) is 0 Å². The number of carbonyl (C=O) groups is 4. The predicted molar refractivity (Wildman–Crippen MR) is 127 cm³/mol. The molecule has 2 amide bonds. The molecule has 0 spiro atoms. The molecule has 3 atom stereocenters. The third-order valence-electron chi connectivity index (χ3n) is 5.33. The van der Waals surface area contributed by atoms with Gasteiger partial charge in [-0.05, 0) is 36.0 Å². The maximum atomic E-state index is 13.0. The molecule has 0 fully saturated rings. The first-order chi connectivity index (χ1) is 16.3. The standard InChI is InChI=1S/C25H31N3O6/c1-17(20-10-6-7-11-21(20)26-2)14-22(24(32)27-19(15-29)12-13-23(30)31)28-25(33)34-16-18-8-4-3-5-9-18/h3-11,15,17,19,22,26H,12-14,16H2,1-2H3,(H,27,32)(H,28,33)(H,30,31)/t17?,19-,22-/m0/s1. The van der Waals surface area contributed by atoms with E-state index in [9.17, 15) is 19.2 Å². The molecule has 9 nitrogen and oxygen atoms in total. The number of carboxylic acids is 1. The van der Waals surface area contributed by atoms with Crippen molar-refractivity contribution < 1.29 is 29.0 Å². The summed E-state index contributed by atoms with van der Waals surface area (Å²) in [6.07, 6.45) is -0.368. The van der Waals surface area contributed by atoms with Crippen molar-refractivity contribution in [1.82, 2.24) is 10.6 Å². The van der Waals surface area contributed by atoms with Gasteiger partial charge in [-0.1, -0.05) is 55.5 Å². The van der Waals surface area contributed by atoms with Gasteiger partial charge in [0.2, 0.25) is 5.91 Å². The van der Waals surface area contributed by atoms with Crippen LogP contribution < -0.4 is 16.0 Å². The lowest BCUT2D eigenvalue weighted by atomic mass is 9.92. The van der Waals surface area contributed by atoms with Gasteiger partial charge in [-0.15, -0.1) is 0 Å². The van der Waals surface area contributed by atoms with Crippen LogP contribution in [0.25, 0.3) is 0 Å². The van der Waals surface area contributed by atoms with Crippen LogP contribution in [0.1, 0.15) is 43.2 Å². The lowest BCUT2D eigenvalue weighted by Crippen LogP contribution is -2.50. The van der Waals surface area contributed by atoms with Gasteiger partial charge < -0.3 is 30.6 Å². The number of aliphatic carboxylic acids is 1. The first-order valence-corrected chi connectivity index (χ1v) is 11.0. The lowest BCUT2D eigenvalue weighted by molar-refractivity contribution is -0.137. The van der Waals surface area contributed by atoms with E-state index in [1.807, 2.05) is 61.5 Å². The van der Waals surface area contributed by atoms with Gasteiger partial charge in [0.1, 0.15) is 18.9 Å². The zero-order chi connectivity index (χ0) is 24.9. The summed E-state index contributed by atoms with van der Waals surface area (Å²) in [7, 11) is 1.80. The number of carboxylic acid groups (broad SMARTS) is 1. The molecule has 2 aromatic rings. The Bertz CT molecular complexity index is 966. The summed E-state index contributed by atoms with van der Waals surface area (Å²) in [5, 5.41) is 17.1. The number of nitrogens with one attached hydrogen (secondary N) is 3. The molecular formula is C25H31N3O6. The van der Waals surface area contributed by atoms with E-state index in [0.717, 1.165) is 16.8 Å². The van der Waals surface area contributed by atoms with Crippen LogP contribution in [0, 0.1) is 0 Å². The monoisotopic (exact) mass is 469 g/mol. The number of rotatable bonds is 13. The van der Waals surface area contributed by atoms with Crippen LogP contribution in [0.3, 0.4) is 0 Å². The Morgan fingerprint density at radius 1 is 1.03 bits per heavy atom. The van der Waals surface area contributed by atoms with E-state index in [0.29, 0.717) is 6.29 Å². The molecule has 0 radical (unpaired) electrons. The highest BCUT2D eigenvalue weighted by atomic mass is 16.5. The topological polar surface area (TPSA) is 134 Å². The normalized spacial score (nSPS) is 13.1. The molecule has 1 unspecified atom stereocenters. The summed E-state index contributed by atoms with van der Waals surface area (Å²) in [5.41, 5.74) is 2.65. The SMILES string of the molecule is CNc1ccccc1C(C)C[C@H](NC(=O)OCc1ccccc1)C(=O)N[C@H](C=O)CCC(=O)O. The van der Waals surface area contributed by atoms with E-state index in [1.54, 1.807) is 7.05 Å². The summed E-state index contributed by atoms with van der Waals surface area (Å²) >= 11 is 0. The van der Waals surface area contributed by atoms with E-state index < -0.39 is 30.1 Å². The van der Waals surface area contributed by atoms with Gasteiger partial charge >= 0.3 is 12.1 Å². The third kappa shape index (κ3) is 8.57. The van der Waals surface area contributed by atoms with Gasteiger partial charge in [0.15, 0.2) is 0 Å². The zero-order valence-corrected chi connectivity index (χ0v) is 19.3. The maximum Gasteiger partial charge on any atom is 0.408 e. The Balaban J connectivity index is 2.12. The molecule has 0 aliphatic rings. The Labute approximate surface area is 198 Å². The van der Waals surface area contributed by atoms with Gasteiger partial charge in [0, 0.05) is 19.2 Å². The second-order valence-electron chi connectivity index (χ2n) is 7.92. The Hall–Kier alpha value is -3.88. The van der Waals surface area contributed by atoms with Crippen LogP contribution in [0.15, 0.2) is 54.6 Å². The number of hydrogen-bond acceptors (Lipinski definition) is 6. The number of para-hydroxylation sites is 1. The number of aldehydes is 1. The first kappa shape index (κ1) is 26.4. The average Bonchev–Trinajstić information content (AvgIpc) is 2.85. The summed E-state index contributed by atoms with van der Waals surface area (Å²) < 4.78 is 5.26. The van der Waals surface area contributed by atoms with Gasteiger partial charge in [0.05, 0.1) is 6.04 Å². The molecule has 0 saturated heterocycles. The van der Waals surface area contributed by atoms with Crippen LogP contribution in [0.5, 0.6) is 0 Å². The van der Waals surface area contributed by atoms with Crippen molar-refractivity contribution in [3.8, 4) is 0 Å². The molecule has 0 aliphatic carbocycles. The van der Waals surface area contributed by atoms with Crippen molar-refractivity contribution in [1.29, 1.82) is 0 Å². The van der Waals surface area contributed by atoms with Crippen LogP contribution in [0.2, 0.25) is 0 Å². The van der Waals surface area contributed by atoms with Gasteiger partial charge in [-0.25, -0.2) is 4.79 Å². The molecule has 182 valence electrons. The van der Waals surface area contributed by atoms with Crippen LogP contribution in [-0.4, -0.2) is 48.5 Å². The van der Waals surface area contributed by atoms with Crippen LogP contribution in [0.4, 0.5) is 10.5 Å². The van der Waals surface area contributed by atoms with E-state index in [4.69, 9.17) is 9.84 Å². The van der Waals surface area contributed by atoms with Crippen molar-refractivity contribution >= 4 is 29.9 Å². The second-order valence-corrected chi connectivity index (χ2v) is 7.92. The van der Waals surface area contributed by atoms with E-state index >= 15 is 0 Å². The number of carbonyl (C=O) groups excluding carboxylic acids is 3. The smallest absolute Gasteiger partial charge is 0.408 e. The molecule has 2 rings (SSSR count). The van der Waals surface area contributed by atoms with Crippen molar-refractivity contribution in [2.75, 3.05) is 12.4 Å². The predicted octanol–water partition coefficient (Wildman–Crippen LogP) is 3.07. The third-order valence-corrected chi connectivity index (χ3v) is 5.33. The summed E-state index contributed by atoms with van der Waals surface area (Å²) in [6.45, 7) is 1.96. The number of anilines is 1. The number of alkyl carbamates (subject to hydrolysis) is 1. The Morgan fingerprint density at radius 3 is 2.35 bits per heavy atom. The molecule has 34 heavy (non-hydrogen) atoms. The Morgan fingerprint density at radius 2 is 1.71 bits per heavy atom. The van der Waals surface area contributed by atoms with Crippen molar-refractivity contribution in [2.45, 2.75) is 50.8 Å². The second kappa shape index (κ2) is 13.6. The molecule has 0 bridgehead atoms. The molecule has 9 heteroatoms. The molecule has 0 saturated carbocycles. The van der Waals surface area contributed by atoms with Crippen LogP contribution >= 0.6 is 0 Å². The summed E-state index contributed by atoms with van der Waals surface area (Å²) in [5.74, 6) is -1.80. The summed E-state index contributed by atoms with van der Waals surface area (Å²) in [6, 6.07) is 14.8. The fourth-order valence-corrected chi connectivity index (χ4v) is 3.51. The lowest BCUT2D eigenvalue weighted by Gasteiger charge is -2.24. The minimum atomic E-state index is -1.07. The minimum absolute atomic E-state index is 0.0364. The highest BCUT2D eigenvalue weighted by molar-refractivity contribution is 5.87. The Kier molecular flexibility index (Phi) is 10.6. The molecule has 0 aromatic heterocycles. The maximum absolute atomic E-state index is 13.0. The fourth-order valence-electron chi connectivity index (χ4n) is 3.51.